The van der Waals surface area contributed by atoms with Crippen LogP contribution >= 0.6 is 0 Å². The van der Waals surface area contributed by atoms with Crippen molar-refractivity contribution in [2.24, 2.45) is 0 Å². The number of aromatic nitrogens is 1. The molecule has 1 aromatic heterocycles. The van der Waals surface area contributed by atoms with Crippen molar-refractivity contribution in [1.29, 1.82) is 0 Å². The van der Waals surface area contributed by atoms with Crippen molar-refractivity contribution in [2.75, 3.05) is 23.3 Å². The first-order valence-corrected chi connectivity index (χ1v) is 7.43. The second-order valence-corrected chi connectivity index (χ2v) is 5.59. The van der Waals surface area contributed by atoms with E-state index in [1.54, 1.807) is 4.90 Å². The van der Waals surface area contributed by atoms with Crippen molar-refractivity contribution >= 4 is 17.5 Å². The zero-order valence-electron chi connectivity index (χ0n) is 12.8. The molecule has 2 aromatic rings. The number of nitrogens with zero attached hydrogens (tertiary/aromatic N) is 2. The van der Waals surface area contributed by atoms with Gasteiger partial charge in [0.05, 0.1) is 6.04 Å². The summed E-state index contributed by atoms with van der Waals surface area (Å²) in [5.41, 5.74) is -0.509. The van der Waals surface area contributed by atoms with Crippen LogP contribution in [0.1, 0.15) is 5.69 Å². The molecule has 0 unspecified atom stereocenters. The number of hydrogen-bond donors (Lipinski definition) is 2. The molecule has 0 saturated carbocycles. The Balaban J connectivity index is 1.51. The van der Waals surface area contributed by atoms with E-state index in [0.29, 0.717) is 18.8 Å². The minimum Gasteiger partial charge on any atom is -0.352 e. The van der Waals surface area contributed by atoms with Gasteiger partial charge in [0.1, 0.15) is 17.3 Å². The molecule has 132 valence electrons. The van der Waals surface area contributed by atoms with E-state index >= 15 is 0 Å². The van der Waals surface area contributed by atoms with Gasteiger partial charge >= 0.3 is 12.2 Å². The number of benzene rings is 1. The summed E-state index contributed by atoms with van der Waals surface area (Å²) in [6.07, 6.45) is -4.49. The van der Waals surface area contributed by atoms with Gasteiger partial charge in [-0.25, -0.2) is 14.2 Å². The average Bonchev–Trinajstić information content (AvgIpc) is 2.52. The summed E-state index contributed by atoms with van der Waals surface area (Å²) in [7, 11) is 0. The van der Waals surface area contributed by atoms with Crippen LogP contribution in [0.25, 0.3) is 0 Å². The van der Waals surface area contributed by atoms with Gasteiger partial charge < -0.3 is 15.5 Å². The van der Waals surface area contributed by atoms with Gasteiger partial charge in [-0.15, -0.1) is 0 Å². The van der Waals surface area contributed by atoms with Crippen molar-refractivity contribution in [1.82, 2.24) is 10.3 Å². The summed E-state index contributed by atoms with van der Waals surface area (Å²) >= 11 is 0. The zero-order valence-corrected chi connectivity index (χ0v) is 12.8. The molecule has 1 saturated heterocycles. The molecule has 1 fully saturated rings. The monoisotopic (exact) mass is 354 g/mol. The molecule has 25 heavy (non-hydrogen) atoms. The second kappa shape index (κ2) is 6.58. The van der Waals surface area contributed by atoms with Crippen LogP contribution in [0.2, 0.25) is 0 Å². The fourth-order valence-corrected chi connectivity index (χ4v) is 2.40. The molecule has 2 N–H and O–H groups in total. The van der Waals surface area contributed by atoms with E-state index in [4.69, 9.17) is 0 Å². The lowest BCUT2D eigenvalue weighted by molar-refractivity contribution is -0.141. The Morgan fingerprint density at radius 2 is 1.80 bits per heavy atom. The standard InChI is InChI=1S/C16H14F4N4O/c17-10-4-6-11(7-5-10)21-15(25)22-12-8-24(9-12)14-3-1-2-13(23-14)16(18,19)20/h1-7,12H,8-9H2,(H2,21,22,25). The van der Waals surface area contributed by atoms with E-state index < -0.39 is 23.7 Å². The molecule has 9 heteroatoms. The quantitative estimate of drug-likeness (QED) is 0.832. The molecule has 1 aromatic carbocycles. The summed E-state index contributed by atoms with van der Waals surface area (Å²) in [5, 5.41) is 5.24. The molecule has 0 atom stereocenters. The largest absolute Gasteiger partial charge is 0.433 e. The highest BCUT2D eigenvalue weighted by Gasteiger charge is 2.34. The lowest BCUT2D eigenvalue weighted by Gasteiger charge is -2.40. The summed E-state index contributed by atoms with van der Waals surface area (Å²) in [4.78, 5) is 17.1. The lowest BCUT2D eigenvalue weighted by Crippen LogP contribution is -2.60. The number of hydrogen-bond acceptors (Lipinski definition) is 3. The van der Waals surface area contributed by atoms with E-state index in [2.05, 4.69) is 15.6 Å². The Morgan fingerprint density at radius 3 is 2.44 bits per heavy atom. The van der Waals surface area contributed by atoms with Gasteiger partial charge in [0.15, 0.2) is 0 Å². The Morgan fingerprint density at radius 1 is 1.12 bits per heavy atom. The first-order valence-electron chi connectivity index (χ1n) is 7.43. The van der Waals surface area contributed by atoms with Gasteiger partial charge in [0.25, 0.3) is 0 Å². The third-order valence-corrected chi connectivity index (χ3v) is 3.67. The smallest absolute Gasteiger partial charge is 0.352 e. The molecule has 3 rings (SSSR count). The van der Waals surface area contributed by atoms with Crippen LogP contribution in [0.4, 0.5) is 33.9 Å². The van der Waals surface area contributed by atoms with Gasteiger partial charge in [0, 0.05) is 18.8 Å². The number of anilines is 2. The fraction of sp³-hybridized carbons (Fsp3) is 0.250. The van der Waals surface area contributed by atoms with Crippen LogP contribution < -0.4 is 15.5 Å². The molecule has 2 amide bonds. The molecule has 0 aliphatic carbocycles. The number of carbonyl (C=O) groups is 1. The molecular formula is C16H14F4N4O. The van der Waals surface area contributed by atoms with Crippen molar-refractivity contribution in [2.45, 2.75) is 12.2 Å². The molecule has 1 aliphatic heterocycles. The first kappa shape index (κ1) is 17.0. The van der Waals surface area contributed by atoms with Crippen LogP contribution in [0.3, 0.4) is 0 Å². The maximum atomic E-state index is 12.8. The normalized spacial score (nSPS) is 14.8. The third-order valence-electron chi connectivity index (χ3n) is 3.67. The van der Waals surface area contributed by atoms with E-state index in [0.717, 1.165) is 6.07 Å². The van der Waals surface area contributed by atoms with Crippen LogP contribution in [-0.2, 0) is 6.18 Å². The third kappa shape index (κ3) is 4.17. The highest BCUT2D eigenvalue weighted by molar-refractivity contribution is 5.89. The molecule has 2 heterocycles. The Kier molecular flexibility index (Phi) is 4.47. The fourth-order valence-electron chi connectivity index (χ4n) is 2.40. The van der Waals surface area contributed by atoms with Gasteiger partial charge in [0.2, 0.25) is 0 Å². The van der Waals surface area contributed by atoms with Gasteiger partial charge in [-0.2, -0.15) is 13.2 Å². The van der Waals surface area contributed by atoms with Crippen molar-refractivity contribution in [3.63, 3.8) is 0 Å². The summed E-state index contributed by atoms with van der Waals surface area (Å²) in [6.45, 7) is 0.705. The number of halogens is 4. The lowest BCUT2D eigenvalue weighted by atomic mass is 10.1. The number of nitrogens with one attached hydrogen (secondary N) is 2. The highest BCUT2D eigenvalue weighted by atomic mass is 19.4. The average molecular weight is 354 g/mol. The minimum absolute atomic E-state index is 0.211. The van der Waals surface area contributed by atoms with Gasteiger partial charge in [-0.05, 0) is 36.4 Å². The second-order valence-electron chi connectivity index (χ2n) is 5.59. The topological polar surface area (TPSA) is 57.3 Å². The van der Waals surface area contributed by atoms with E-state index in [-0.39, 0.29) is 11.9 Å². The minimum atomic E-state index is -4.49. The molecule has 0 bridgehead atoms. The molecule has 0 spiro atoms. The molecule has 0 radical (unpaired) electrons. The highest BCUT2D eigenvalue weighted by Crippen LogP contribution is 2.29. The summed E-state index contributed by atoms with van der Waals surface area (Å²) in [6, 6.07) is 8.32. The number of rotatable bonds is 3. The summed E-state index contributed by atoms with van der Waals surface area (Å²) in [5.74, 6) is -0.194. The van der Waals surface area contributed by atoms with Crippen LogP contribution in [0.15, 0.2) is 42.5 Å². The van der Waals surface area contributed by atoms with E-state index in [1.165, 1.54) is 36.4 Å². The van der Waals surface area contributed by atoms with E-state index in [1.807, 2.05) is 0 Å². The Labute approximate surface area is 140 Å². The first-order chi connectivity index (χ1) is 11.8. The molecule has 5 nitrogen and oxygen atoms in total. The summed E-state index contributed by atoms with van der Waals surface area (Å²) < 4.78 is 50.8. The predicted molar refractivity (Wildman–Crippen MR) is 83.8 cm³/mol. The Bertz CT molecular complexity index is 757. The Hall–Kier alpha value is -2.84. The van der Waals surface area contributed by atoms with Crippen molar-refractivity contribution < 1.29 is 22.4 Å². The number of carbonyl (C=O) groups excluding carboxylic acids is 1. The van der Waals surface area contributed by atoms with Crippen LogP contribution in [-0.4, -0.2) is 30.1 Å². The number of amides is 2. The molecule has 1 aliphatic rings. The van der Waals surface area contributed by atoms with Gasteiger partial charge in [-0.1, -0.05) is 6.07 Å². The maximum Gasteiger partial charge on any atom is 0.433 e. The van der Waals surface area contributed by atoms with E-state index in [9.17, 15) is 22.4 Å². The number of pyridine rings is 1. The van der Waals surface area contributed by atoms with Crippen LogP contribution in [0.5, 0.6) is 0 Å². The van der Waals surface area contributed by atoms with Crippen LogP contribution in [0, 0.1) is 5.82 Å². The predicted octanol–water partition coefficient (Wildman–Crippen LogP) is 3.25. The van der Waals surface area contributed by atoms with Gasteiger partial charge in [-0.3, -0.25) is 0 Å². The molecular weight excluding hydrogens is 340 g/mol. The zero-order chi connectivity index (χ0) is 18.0. The van der Waals surface area contributed by atoms with Crippen molar-refractivity contribution in [3.05, 3.63) is 54.0 Å². The van der Waals surface area contributed by atoms with Crippen molar-refractivity contribution in [3.8, 4) is 0 Å². The maximum absolute atomic E-state index is 12.8. The number of urea groups is 1. The SMILES string of the molecule is O=C(Nc1ccc(F)cc1)NC1CN(c2cccc(C(F)(F)F)n2)C1. The number of alkyl halides is 3.